The van der Waals surface area contributed by atoms with Gasteiger partial charge in [-0.3, -0.25) is 0 Å². The highest BCUT2D eigenvalue weighted by Gasteiger charge is 2.19. The summed E-state index contributed by atoms with van der Waals surface area (Å²) in [5.74, 6) is 0.447. The molecule has 15 heteroatoms. The molecule has 0 saturated heterocycles. The molecule has 0 radical (unpaired) electrons. The van der Waals surface area contributed by atoms with Crippen LogP contribution in [0.1, 0.15) is 11.3 Å². The molecule has 39 heavy (non-hydrogen) atoms. The van der Waals surface area contributed by atoms with Crippen LogP contribution < -0.4 is 20.9 Å². The molecule has 10 nitrogen and oxygen atoms in total. The van der Waals surface area contributed by atoms with E-state index in [9.17, 15) is 20.7 Å². The monoisotopic (exact) mass is 611 g/mol. The van der Waals surface area contributed by atoms with E-state index in [1.165, 1.54) is 0 Å². The van der Waals surface area contributed by atoms with Gasteiger partial charge in [-0.05, 0) is 53.6 Å². The van der Waals surface area contributed by atoms with Crippen LogP contribution in [0.2, 0.25) is 10.0 Å². The third-order valence-corrected chi connectivity index (χ3v) is 8.33. The standard InChI is InChI=1S/C24H20Cl2FN5O5S2/c25-19-8-7-15(10-20(19)26)22-21(31-24(29)32-23(22)28)13-37-16-4-1-3-14(9-16)12-30-39(35,36)18-6-2-5-17(11-18)38(27,33)34/h1-11,30H,12-13H2,(H4,28,29,31,32). The van der Waals surface area contributed by atoms with Crippen molar-refractivity contribution < 1.29 is 25.5 Å². The summed E-state index contributed by atoms with van der Waals surface area (Å²) >= 11 is 12.2. The topological polar surface area (TPSA) is 167 Å². The van der Waals surface area contributed by atoms with Crippen molar-refractivity contribution in [2.24, 2.45) is 0 Å². The van der Waals surface area contributed by atoms with E-state index in [2.05, 4.69) is 14.7 Å². The highest BCUT2D eigenvalue weighted by atomic mass is 35.5. The smallest absolute Gasteiger partial charge is 0.332 e. The fourth-order valence-electron chi connectivity index (χ4n) is 3.57. The number of nitrogens with two attached hydrogens (primary N) is 2. The van der Waals surface area contributed by atoms with E-state index in [0.29, 0.717) is 38.2 Å². The Morgan fingerprint density at radius 2 is 1.59 bits per heavy atom. The number of ether oxygens (including phenoxy) is 1. The van der Waals surface area contributed by atoms with Crippen molar-refractivity contribution in [3.63, 3.8) is 0 Å². The van der Waals surface area contributed by atoms with Crippen molar-refractivity contribution in [2.45, 2.75) is 22.9 Å². The Hall–Kier alpha value is -3.49. The first-order valence-corrected chi connectivity index (χ1v) is 14.6. The molecule has 0 bridgehead atoms. The molecule has 0 fully saturated rings. The molecule has 0 aliphatic rings. The lowest BCUT2D eigenvalue weighted by Crippen LogP contribution is -2.23. The van der Waals surface area contributed by atoms with Gasteiger partial charge in [0.2, 0.25) is 16.0 Å². The van der Waals surface area contributed by atoms with E-state index in [4.69, 9.17) is 39.4 Å². The Morgan fingerprint density at radius 1 is 0.872 bits per heavy atom. The lowest BCUT2D eigenvalue weighted by Gasteiger charge is -2.14. The van der Waals surface area contributed by atoms with Crippen molar-refractivity contribution in [1.82, 2.24) is 14.7 Å². The van der Waals surface area contributed by atoms with Gasteiger partial charge in [-0.15, -0.1) is 3.89 Å². The SMILES string of the molecule is Nc1nc(N)c(-c2ccc(Cl)c(Cl)c2)c(COc2cccc(CNS(=O)(=O)c3cccc(S(=O)(=O)F)c3)c2)n1. The van der Waals surface area contributed by atoms with E-state index >= 15 is 0 Å². The zero-order valence-corrected chi connectivity index (χ0v) is 23.0. The molecule has 4 aromatic rings. The molecule has 0 amide bonds. The van der Waals surface area contributed by atoms with Crippen LogP contribution in [0.25, 0.3) is 11.1 Å². The van der Waals surface area contributed by atoms with Crippen LogP contribution in [0.5, 0.6) is 5.75 Å². The summed E-state index contributed by atoms with van der Waals surface area (Å²) in [5, 5.41) is 0.672. The molecule has 0 unspecified atom stereocenters. The summed E-state index contributed by atoms with van der Waals surface area (Å²) in [6.45, 7) is -0.222. The second-order valence-electron chi connectivity index (χ2n) is 8.09. The molecule has 1 aromatic heterocycles. The third kappa shape index (κ3) is 6.94. The fourth-order valence-corrected chi connectivity index (χ4v) is 5.51. The number of nitrogen functional groups attached to an aromatic ring is 2. The Balaban J connectivity index is 1.51. The Labute approximate surface area is 234 Å². The number of hydrogen-bond donors (Lipinski definition) is 3. The average Bonchev–Trinajstić information content (AvgIpc) is 2.88. The van der Waals surface area contributed by atoms with E-state index in [1.54, 1.807) is 42.5 Å². The summed E-state index contributed by atoms with van der Waals surface area (Å²) in [7, 11) is -9.21. The zero-order chi connectivity index (χ0) is 28.4. The van der Waals surface area contributed by atoms with Gasteiger partial charge in [0.1, 0.15) is 18.2 Å². The molecular formula is C24H20Cl2FN5O5S2. The summed E-state index contributed by atoms with van der Waals surface area (Å²) in [5.41, 5.74) is 13.9. The van der Waals surface area contributed by atoms with Crippen molar-refractivity contribution in [1.29, 1.82) is 0 Å². The maximum atomic E-state index is 13.3. The van der Waals surface area contributed by atoms with Gasteiger partial charge < -0.3 is 16.2 Å². The lowest BCUT2D eigenvalue weighted by atomic mass is 10.0. The molecule has 1 heterocycles. The van der Waals surface area contributed by atoms with E-state index in [-0.39, 0.29) is 24.9 Å². The van der Waals surface area contributed by atoms with Crippen LogP contribution in [-0.4, -0.2) is 26.8 Å². The van der Waals surface area contributed by atoms with Gasteiger partial charge in [0.25, 0.3) is 0 Å². The molecule has 4 rings (SSSR count). The number of hydrogen-bond acceptors (Lipinski definition) is 9. The first-order valence-electron chi connectivity index (χ1n) is 11.0. The molecule has 0 atom stereocenters. The number of sulfonamides is 1. The van der Waals surface area contributed by atoms with Crippen LogP contribution in [0.15, 0.2) is 76.5 Å². The maximum Gasteiger partial charge on any atom is 0.332 e. The van der Waals surface area contributed by atoms with Gasteiger partial charge in [0, 0.05) is 12.1 Å². The minimum atomic E-state index is -5.06. The molecule has 204 valence electrons. The second-order valence-corrected chi connectivity index (χ2v) is 12.0. The Morgan fingerprint density at radius 3 is 2.31 bits per heavy atom. The number of nitrogens with one attached hydrogen (secondary N) is 1. The molecule has 0 saturated carbocycles. The highest BCUT2D eigenvalue weighted by molar-refractivity contribution is 7.89. The maximum absolute atomic E-state index is 13.3. The second kappa shape index (κ2) is 11.3. The van der Waals surface area contributed by atoms with Crippen LogP contribution in [-0.2, 0) is 33.4 Å². The number of benzene rings is 3. The number of anilines is 2. The van der Waals surface area contributed by atoms with Crippen LogP contribution in [0.3, 0.4) is 0 Å². The summed E-state index contributed by atoms with van der Waals surface area (Å²) < 4.78 is 69.1. The largest absolute Gasteiger partial charge is 0.487 e. The predicted molar refractivity (Wildman–Crippen MR) is 146 cm³/mol. The van der Waals surface area contributed by atoms with E-state index in [1.807, 2.05) is 0 Å². The first kappa shape index (κ1) is 28.5. The van der Waals surface area contributed by atoms with Crippen LogP contribution in [0, 0.1) is 0 Å². The molecule has 0 aliphatic heterocycles. The first-order chi connectivity index (χ1) is 18.3. The fraction of sp³-hybridized carbons (Fsp3) is 0.0833. The Kier molecular flexibility index (Phi) is 8.28. The number of aromatic nitrogens is 2. The average molecular weight is 612 g/mol. The van der Waals surface area contributed by atoms with E-state index < -0.39 is 30.0 Å². The van der Waals surface area contributed by atoms with Gasteiger partial charge in [-0.2, -0.15) is 13.4 Å². The number of rotatable bonds is 9. The normalized spacial score (nSPS) is 11.9. The molecule has 0 spiro atoms. The van der Waals surface area contributed by atoms with Crippen molar-refractivity contribution >= 4 is 55.2 Å². The lowest BCUT2D eigenvalue weighted by molar-refractivity contribution is 0.301. The summed E-state index contributed by atoms with van der Waals surface area (Å²) in [4.78, 5) is 7.11. The highest BCUT2D eigenvalue weighted by Crippen LogP contribution is 2.33. The van der Waals surface area contributed by atoms with Gasteiger partial charge in [0.15, 0.2) is 0 Å². The molecule has 3 aromatic carbocycles. The third-order valence-electron chi connectivity index (χ3n) is 5.38. The Bertz CT molecular complexity index is 1770. The van der Waals surface area contributed by atoms with Crippen LogP contribution in [0.4, 0.5) is 15.7 Å². The quantitative estimate of drug-likeness (QED) is 0.233. The molecule has 0 aliphatic carbocycles. The molecular weight excluding hydrogens is 592 g/mol. The van der Waals surface area contributed by atoms with Crippen molar-refractivity contribution in [2.75, 3.05) is 11.5 Å². The minimum absolute atomic E-state index is 0.0531. The molecule has 5 N–H and O–H groups in total. The van der Waals surface area contributed by atoms with Crippen molar-refractivity contribution in [3.05, 3.63) is 88.0 Å². The zero-order valence-electron chi connectivity index (χ0n) is 19.8. The van der Waals surface area contributed by atoms with Gasteiger partial charge in [-0.1, -0.05) is 47.5 Å². The van der Waals surface area contributed by atoms with Gasteiger partial charge in [0.05, 0.1) is 25.5 Å². The van der Waals surface area contributed by atoms with E-state index in [0.717, 1.165) is 24.3 Å². The van der Waals surface area contributed by atoms with Crippen molar-refractivity contribution in [3.8, 4) is 16.9 Å². The van der Waals surface area contributed by atoms with Crippen LogP contribution >= 0.6 is 23.2 Å². The summed E-state index contributed by atoms with van der Waals surface area (Å²) in [6.07, 6.45) is 0. The predicted octanol–water partition coefficient (Wildman–Crippen LogP) is 4.33. The number of nitrogens with zero attached hydrogens (tertiary/aromatic N) is 2. The minimum Gasteiger partial charge on any atom is -0.487 e. The van der Waals surface area contributed by atoms with Gasteiger partial charge >= 0.3 is 10.2 Å². The number of halogens is 3. The van der Waals surface area contributed by atoms with Gasteiger partial charge in [-0.25, -0.2) is 18.1 Å². The summed E-state index contributed by atoms with van der Waals surface area (Å²) in [6, 6.07) is 15.5.